The molecular weight excluding hydrogens is 230 g/mol. The van der Waals surface area contributed by atoms with Crippen molar-refractivity contribution in [2.75, 3.05) is 0 Å². The zero-order valence-corrected chi connectivity index (χ0v) is 11.3. The molecule has 0 saturated carbocycles. The second-order valence-corrected chi connectivity index (χ2v) is 5.23. The van der Waals surface area contributed by atoms with Gasteiger partial charge in [-0.15, -0.1) is 0 Å². The first-order valence-electron chi connectivity index (χ1n) is 6.08. The van der Waals surface area contributed by atoms with Crippen LogP contribution in [0, 0.1) is 20.8 Å². The van der Waals surface area contributed by atoms with Gasteiger partial charge in [0.25, 0.3) is 5.91 Å². The number of hydrogen-bond donors (Lipinski definition) is 2. The van der Waals surface area contributed by atoms with Crippen LogP contribution < -0.4 is 10.5 Å². The van der Waals surface area contributed by atoms with E-state index in [1.165, 1.54) is 0 Å². The Labute approximate surface area is 107 Å². The lowest BCUT2D eigenvalue weighted by Crippen LogP contribution is -2.48. The summed E-state index contributed by atoms with van der Waals surface area (Å²) in [5.41, 5.74) is 7.93. The summed E-state index contributed by atoms with van der Waals surface area (Å²) >= 11 is 0. The highest BCUT2D eigenvalue weighted by molar-refractivity contribution is 5.84. The summed E-state index contributed by atoms with van der Waals surface area (Å²) < 4.78 is 5.84. The van der Waals surface area contributed by atoms with Crippen LogP contribution in [0.3, 0.4) is 0 Å². The van der Waals surface area contributed by atoms with Gasteiger partial charge in [0.05, 0.1) is 0 Å². The van der Waals surface area contributed by atoms with E-state index in [9.17, 15) is 9.90 Å². The molecule has 0 spiro atoms. The quantitative estimate of drug-likeness (QED) is 0.798. The summed E-state index contributed by atoms with van der Waals surface area (Å²) in [7, 11) is 0. The Kier molecular flexibility index (Phi) is 2.76. The molecule has 1 aromatic rings. The number of amides is 1. The smallest absolute Gasteiger partial charge is 0.261 e. The van der Waals surface area contributed by atoms with Crippen LogP contribution in [0.4, 0.5) is 0 Å². The number of phenols is 1. The van der Waals surface area contributed by atoms with Crippen molar-refractivity contribution in [2.45, 2.75) is 46.1 Å². The van der Waals surface area contributed by atoms with Crippen LogP contribution in [0.15, 0.2) is 0 Å². The molecule has 1 aliphatic heterocycles. The largest absolute Gasteiger partial charge is 0.507 e. The number of primary amides is 1. The maximum atomic E-state index is 11.5. The van der Waals surface area contributed by atoms with Crippen LogP contribution in [0.25, 0.3) is 0 Å². The van der Waals surface area contributed by atoms with Crippen molar-refractivity contribution in [3.63, 3.8) is 0 Å². The van der Waals surface area contributed by atoms with Crippen LogP contribution in [0.2, 0.25) is 0 Å². The topological polar surface area (TPSA) is 72.5 Å². The van der Waals surface area contributed by atoms with Crippen molar-refractivity contribution in [1.82, 2.24) is 0 Å². The van der Waals surface area contributed by atoms with Gasteiger partial charge in [0, 0.05) is 12.0 Å². The van der Waals surface area contributed by atoms with Crippen molar-refractivity contribution < 1.29 is 14.6 Å². The first kappa shape index (κ1) is 12.7. The fraction of sp³-hybridized carbons (Fsp3) is 0.500. The molecule has 0 fully saturated rings. The predicted molar refractivity (Wildman–Crippen MR) is 68.9 cm³/mol. The number of carbonyl (C=O) groups is 1. The molecule has 0 saturated heterocycles. The van der Waals surface area contributed by atoms with Gasteiger partial charge in [0.2, 0.25) is 0 Å². The molecular formula is C14H19NO3. The van der Waals surface area contributed by atoms with Gasteiger partial charge in [0.1, 0.15) is 11.5 Å². The lowest BCUT2D eigenvalue weighted by Gasteiger charge is -2.35. The summed E-state index contributed by atoms with van der Waals surface area (Å²) in [4.78, 5) is 11.5. The Morgan fingerprint density at radius 1 is 1.28 bits per heavy atom. The van der Waals surface area contributed by atoms with Crippen molar-refractivity contribution in [3.05, 3.63) is 22.3 Å². The summed E-state index contributed by atoms with van der Waals surface area (Å²) in [6.45, 7) is 7.32. The maximum absolute atomic E-state index is 11.5. The number of carbonyl (C=O) groups excluding carboxylic acids is 1. The number of benzene rings is 1. The fourth-order valence-electron chi connectivity index (χ4n) is 2.42. The summed E-state index contributed by atoms with van der Waals surface area (Å²) in [6, 6.07) is 0. The molecule has 2 rings (SSSR count). The molecule has 98 valence electrons. The van der Waals surface area contributed by atoms with E-state index in [4.69, 9.17) is 10.5 Å². The molecule has 1 amide bonds. The van der Waals surface area contributed by atoms with Gasteiger partial charge in [0.15, 0.2) is 5.60 Å². The lowest BCUT2D eigenvalue weighted by atomic mass is 9.87. The lowest BCUT2D eigenvalue weighted by molar-refractivity contribution is -0.133. The van der Waals surface area contributed by atoms with Crippen LogP contribution in [-0.4, -0.2) is 16.6 Å². The normalized spacial score (nSPS) is 22.2. The number of phenolic OH excluding ortho intramolecular Hbond substituents is 1. The highest BCUT2D eigenvalue weighted by atomic mass is 16.5. The third kappa shape index (κ3) is 1.64. The average molecular weight is 249 g/mol. The van der Waals surface area contributed by atoms with Crippen molar-refractivity contribution in [2.24, 2.45) is 5.73 Å². The highest BCUT2D eigenvalue weighted by Crippen LogP contribution is 2.43. The van der Waals surface area contributed by atoms with E-state index in [1.807, 2.05) is 20.8 Å². The van der Waals surface area contributed by atoms with Crippen LogP contribution in [0.5, 0.6) is 11.5 Å². The molecule has 1 atom stereocenters. The number of rotatable bonds is 1. The first-order chi connectivity index (χ1) is 8.28. The average Bonchev–Trinajstić information content (AvgIpc) is 2.33. The molecule has 18 heavy (non-hydrogen) atoms. The van der Waals surface area contributed by atoms with E-state index in [1.54, 1.807) is 6.92 Å². The minimum atomic E-state index is -0.951. The third-order valence-electron chi connectivity index (χ3n) is 4.04. The zero-order valence-electron chi connectivity index (χ0n) is 11.3. The van der Waals surface area contributed by atoms with Gasteiger partial charge in [-0.2, -0.15) is 0 Å². The molecule has 0 aromatic heterocycles. The summed E-state index contributed by atoms with van der Waals surface area (Å²) in [6.07, 6.45) is 1.23. The molecule has 1 aliphatic rings. The summed E-state index contributed by atoms with van der Waals surface area (Å²) in [5, 5.41) is 10.0. The van der Waals surface area contributed by atoms with Crippen molar-refractivity contribution in [1.29, 1.82) is 0 Å². The molecule has 4 nitrogen and oxygen atoms in total. The Morgan fingerprint density at radius 3 is 2.44 bits per heavy atom. The number of hydrogen-bond acceptors (Lipinski definition) is 3. The first-order valence-corrected chi connectivity index (χ1v) is 6.08. The third-order valence-corrected chi connectivity index (χ3v) is 4.04. The Hall–Kier alpha value is -1.71. The Balaban J connectivity index is 2.61. The standard InChI is InChI=1S/C14H19NO3/c1-7-8(2)12-10(9(3)11(7)16)5-6-14(4,18-12)13(15)17/h16H,5-6H2,1-4H3,(H2,15,17). The Morgan fingerprint density at radius 2 is 1.89 bits per heavy atom. The second kappa shape index (κ2) is 3.90. The molecule has 0 bridgehead atoms. The number of fused-ring (bicyclic) bond motifs is 1. The van der Waals surface area contributed by atoms with E-state index in [-0.39, 0.29) is 0 Å². The molecule has 4 heteroatoms. The SMILES string of the molecule is Cc1c(C)c2c(c(C)c1O)CCC(C)(C(N)=O)O2. The van der Waals surface area contributed by atoms with Crippen molar-refractivity contribution >= 4 is 5.91 Å². The van der Waals surface area contributed by atoms with E-state index >= 15 is 0 Å². The number of aromatic hydroxyl groups is 1. The highest BCUT2D eigenvalue weighted by Gasteiger charge is 2.39. The molecule has 3 N–H and O–H groups in total. The molecule has 0 radical (unpaired) electrons. The van der Waals surface area contributed by atoms with Gasteiger partial charge in [-0.25, -0.2) is 0 Å². The monoisotopic (exact) mass is 249 g/mol. The molecule has 0 aliphatic carbocycles. The van der Waals surface area contributed by atoms with Crippen molar-refractivity contribution in [3.8, 4) is 11.5 Å². The fourth-order valence-corrected chi connectivity index (χ4v) is 2.42. The van der Waals surface area contributed by atoms with Gasteiger partial charge in [-0.3, -0.25) is 4.79 Å². The van der Waals surface area contributed by atoms with Gasteiger partial charge in [-0.1, -0.05) is 0 Å². The molecule has 1 aromatic carbocycles. The Bertz CT molecular complexity index is 537. The zero-order chi connectivity index (χ0) is 13.7. The van der Waals surface area contributed by atoms with Crippen LogP contribution in [0.1, 0.15) is 35.6 Å². The van der Waals surface area contributed by atoms with Gasteiger partial charge in [-0.05, 0) is 50.8 Å². The van der Waals surface area contributed by atoms with Crippen LogP contribution >= 0.6 is 0 Å². The molecule has 1 unspecified atom stereocenters. The van der Waals surface area contributed by atoms with Gasteiger partial charge >= 0.3 is 0 Å². The van der Waals surface area contributed by atoms with Gasteiger partial charge < -0.3 is 15.6 Å². The van der Waals surface area contributed by atoms with E-state index in [2.05, 4.69) is 0 Å². The van der Waals surface area contributed by atoms with Crippen LogP contribution in [-0.2, 0) is 11.2 Å². The van der Waals surface area contributed by atoms with E-state index in [0.717, 1.165) is 22.3 Å². The summed E-state index contributed by atoms with van der Waals surface area (Å²) in [5.74, 6) is 0.573. The van der Waals surface area contributed by atoms with E-state index < -0.39 is 11.5 Å². The maximum Gasteiger partial charge on any atom is 0.261 e. The predicted octanol–water partition coefficient (Wildman–Crippen LogP) is 1.89. The van der Waals surface area contributed by atoms with E-state index in [0.29, 0.717) is 24.3 Å². The number of ether oxygens (including phenoxy) is 1. The molecule has 1 heterocycles. The minimum absolute atomic E-state index is 0.317. The number of nitrogens with two attached hydrogens (primary N) is 1. The minimum Gasteiger partial charge on any atom is -0.507 e. The second-order valence-electron chi connectivity index (χ2n) is 5.23.